The summed E-state index contributed by atoms with van der Waals surface area (Å²) in [6.45, 7) is 3.71. The van der Waals surface area contributed by atoms with Gasteiger partial charge in [0.15, 0.2) is 0 Å². The van der Waals surface area contributed by atoms with Gasteiger partial charge in [-0.25, -0.2) is 4.79 Å². The molecule has 0 heterocycles. The first-order chi connectivity index (χ1) is 10.9. The Morgan fingerprint density at radius 2 is 1.83 bits per heavy atom. The van der Waals surface area contributed by atoms with Crippen molar-refractivity contribution in [3.05, 3.63) is 57.6 Å². The zero-order chi connectivity index (χ0) is 17.0. The third-order valence-electron chi connectivity index (χ3n) is 3.03. The molecule has 6 heteroatoms. The summed E-state index contributed by atoms with van der Waals surface area (Å²) in [5, 5.41) is 1.01. The van der Waals surface area contributed by atoms with E-state index in [4.69, 9.17) is 38.4 Å². The number of benzene rings is 2. The molecule has 4 nitrogen and oxygen atoms in total. The third-order valence-corrected chi connectivity index (χ3v) is 3.73. The molecule has 0 amide bonds. The van der Waals surface area contributed by atoms with Crippen LogP contribution in [0.5, 0.6) is 5.75 Å². The van der Waals surface area contributed by atoms with Gasteiger partial charge in [-0.05, 0) is 44.2 Å². The summed E-state index contributed by atoms with van der Waals surface area (Å²) in [5.41, 5.74) is 7.33. The van der Waals surface area contributed by atoms with Gasteiger partial charge >= 0.3 is 5.97 Å². The Bertz CT molecular complexity index is 697. The van der Waals surface area contributed by atoms with Crippen LogP contribution in [0.4, 0.5) is 5.69 Å². The average Bonchev–Trinajstić information content (AvgIpc) is 2.47. The number of carbonyl (C=O) groups excluding carboxylic acids is 1. The van der Waals surface area contributed by atoms with Crippen LogP contribution < -0.4 is 10.5 Å². The molecule has 0 unspecified atom stereocenters. The van der Waals surface area contributed by atoms with Crippen molar-refractivity contribution in [2.24, 2.45) is 0 Å². The van der Waals surface area contributed by atoms with Gasteiger partial charge in [0, 0.05) is 15.6 Å². The van der Waals surface area contributed by atoms with Crippen molar-refractivity contribution in [2.45, 2.75) is 26.6 Å². The molecule has 2 aromatic rings. The van der Waals surface area contributed by atoms with Crippen molar-refractivity contribution < 1.29 is 14.3 Å². The van der Waals surface area contributed by atoms with Gasteiger partial charge in [0.1, 0.15) is 12.4 Å². The minimum Gasteiger partial charge on any atom is -0.487 e. The number of rotatable bonds is 5. The fraction of sp³-hybridized carbons (Fsp3) is 0.235. The van der Waals surface area contributed by atoms with Gasteiger partial charge in [0.25, 0.3) is 0 Å². The van der Waals surface area contributed by atoms with Crippen LogP contribution in [0.2, 0.25) is 10.0 Å². The quantitative estimate of drug-likeness (QED) is 0.623. The fourth-order valence-electron chi connectivity index (χ4n) is 1.89. The van der Waals surface area contributed by atoms with Gasteiger partial charge in [-0.15, -0.1) is 0 Å². The largest absolute Gasteiger partial charge is 0.487 e. The topological polar surface area (TPSA) is 61.5 Å². The lowest BCUT2D eigenvalue weighted by Gasteiger charge is -2.13. The van der Waals surface area contributed by atoms with Crippen LogP contribution in [-0.4, -0.2) is 12.1 Å². The molecule has 0 aliphatic carbocycles. The number of hydrogen-bond acceptors (Lipinski definition) is 4. The molecule has 0 spiro atoms. The van der Waals surface area contributed by atoms with E-state index < -0.39 is 5.97 Å². The van der Waals surface area contributed by atoms with E-state index >= 15 is 0 Å². The molecule has 0 bridgehead atoms. The summed E-state index contributed by atoms with van der Waals surface area (Å²) in [7, 11) is 0. The van der Waals surface area contributed by atoms with Crippen molar-refractivity contribution in [1.82, 2.24) is 0 Å². The Labute approximate surface area is 145 Å². The fourth-order valence-corrected chi connectivity index (χ4v) is 2.40. The van der Waals surface area contributed by atoms with Crippen LogP contribution in [0.15, 0.2) is 36.4 Å². The predicted octanol–water partition coefficient (Wildman–Crippen LogP) is 4.72. The highest BCUT2D eigenvalue weighted by Gasteiger charge is 2.13. The van der Waals surface area contributed by atoms with Gasteiger partial charge in [-0.1, -0.05) is 29.3 Å². The van der Waals surface area contributed by atoms with Gasteiger partial charge in [0.2, 0.25) is 0 Å². The van der Waals surface area contributed by atoms with Crippen LogP contribution in [-0.2, 0) is 11.3 Å². The predicted molar refractivity (Wildman–Crippen MR) is 92.2 cm³/mol. The molecular weight excluding hydrogens is 337 g/mol. The number of anilines is 1. The molecule has 0 aliphatic rings. The first-order valence-electron chi connectivity index (χ1n) is 7.04. The molecule has 2 N–H and O–H groups in total. The smallest absolute Gasteiger partial charge is 0.338 e. The molecule has 2 aromatic carbocycles. The maximum Gasteiger partial charge on any atom is 0.338 e. The number of carbonyl (C=O) groups is 1. The summed E-state index contributed by atoms with van der Waals surface area (Å²) in [5.74, 6) is -0.0557. The Morgan fingerprint density at radius 3 is 2.43 bits per heavy atom. The Morgan fingerprint density at radius 1 is 1.17 bits per heavy atom. The van der Waals surface area contributed by atoms with Gasteiger partial charge in [0.05, 0.1) is 17.4 Å². The molecule has 2 rings (SSSR count). The summed E-state index contributed by atoms with van der Waals surface area (Å²) in [4.78, 5) is 11.9. The molecule has 0 radical (unpaired) electrons. The zero-order valence-corrected chi connectivity index (χ0v) is 14.3. The molecule has 0 fully saturated rings. The second-order valence-electron chi connectivity index (χ2n) is 5.20. The van der Waals surface area contributed by atoms with Crippen molar-refractivity contribution in [1.29, 1.82) is 0 Å². The molecule has 0 saturated carbocycles. The van der Waals surface area contributed by atoms with E-state index in [2.05, 4.69) is 0 Å². The van der Waals surface area contributed by atoms with Crippen molar-refractivity contribution in [3.8, 4) is 5.75 Å². The molecule has 122 valence electrons. The Balaban J connectivity index is 2.18. The SMILES string of the molecule is CC(C)OC(=O)c1ccc(N)c(OCc2c(Cl)cccc2Cl)c1. The molecule has 0 saturated heterocycles. The lowest BCUT2D eigenvalue weighted by molar-refractivity contribution is 0.0377. The van der Waals surface area contributed by atoms with Crippen molar-refractivity contribution >= 4 is 34.9 Å². The Hall–Kier alpha value is -1.91. The normalized spacial score (nSPS) is 10.7. The second kappa shape index (κ2) is 7.57. The van der Waals surface area contributed by atoms with Crippen LogP contribution in [0.3, 0.4) is 0 Å². The number of ether oxygens (including phenoxy) is 2. The van der Waals surface area contributed by atoms with E-state index in [1.165, 1.54) is 0 Å². The highest BCUT2D eigenvalue weighted by Crippen LogP contribution is 2.28. The highest BCUT2D eigenvalue weighted by molar-refractivity contribution is 6.35. The zero-order valence-electron chi connectivity index (χ0n) is 12.8. The van der Waals surface area contributed by atoms with Gasteiger partial charge < -0.3 is 15.2 Å². The molecular formula is C17H17Cl2NO3. The van der Waals surface area contributed by atoms with Gasteiger partial charge in [-0.2, -0.15) is 0 Å². The van der Waals surface area contributed by atoms with E-state index in [1.54, 1.807) is 50.2 Å². The lowest BCUT2D eigenvalue weighted by Crippen LogP contribution is -2.12. The van der Waals surface area contributed by atoms with E-state index in [1.807, 2.05) is 0 Å². The minimum atomic E-state index is -0.430. The highest BCUT2D eigenvalue weighted by atomic mass is 35.5. The standard InChI is InChI=1S/C17H17Cl2NO3/c1-10(2)23-17(21)11-6-7-15(20)16(8-11)22-9-12-13(18)4-3-5-14(12)19/h3-8,10H,9,20H2,1-2H3. The van der Waals surface area contributed by atoms with E-state index in [0.29, 0.717) is 32.6 Å². The third kappa shape index (κ3) is 4.53. The van der Waals surface area contributed by atoms with Crippen LogP contribution >= 0.6 is 23.2 Å². The first-order valence-corrected chi connectivity index (χ1v) is 7.80. The summed E-state index contributed by atoms with van der Waals surface area (Å²) in [6, 6.07) is 9.95. The summed E-state index contributed by atoms with van der Waals surface area (Å²) < 4.78 is 10.8. The van der Waals surface area contributed by atoms with Crippen LogP contribution in [0.25, 0.3) is 0 Å². The monoisotopic (exact) mass is 353 g/mol. The summed E-state index contributed by atoms with van der Waals surface area (Å²) in [6.07, 6.45) is -0.202. The summed E-state index contributed by atoms with van der Waals surface area (Å²) >= 11 is 12.2. The first kappa shape index (κ1) is 17.4. The van der Waals surface area contributed by atoms with Crippen molar-refractivity contribution in [2.75, 3.05) is 5.73 Å². The number of halogens is 2. The van der Waals surface area contributed by atoms with E-state index in [-0.39, 0.29) is 12.7 Å². The maximum atomic E-state index is 11.9. The van der Waals surface area contributed by atoms with Crippen molar-refractivity contribution in [3.63, 3.8) is 0 Å². The van der Waals surface area contributed by atoms with Gasteiger partial charge in [-0.3, -0.25) is 0 Å². The number of nitrogen functional groups attached to an aromatic ring is 1. The molecule has 0 atom stereocenters. The maximum absolute atomic E-state index is 11.9. The number of hydrogen-bond donors (Lipinski definition) is 1. The average molecular weight is 354 g/mol. The minimum absolute atomic E-state index is 0.144. The molecule has 0 aromatic heterocycles. The molecule has 0 aliphatic heterocycles. The van der Waals surface area contributed by atoms with Crippen LogP contribution in [0, 0.1) is 0 Å². The lowest BCUT2D eigenvalue weighted by atomic mass is 10.2. The number of esters is 1. The van der Waals surface area contributed by atoms with Crippen LogP contribution in [0.1, 0.15) is 29.8 Å². The van der Waals surface area contributed by atoms with E-state index in [0.717, 1.165) is 0 Å². The number of nitrogens with two attached hydrogens (primary N) is 1. The second-order valence-corrected chi connectivity index (χ2v) is 6.01. The Kier molecular flexibility index (Phi) is 5.74. The molecule has 23 heavy (non-hydrogen) atoms. The van der Waals surface area contributed by atoms with E-state index in [9.17, 15) is 4.79 Å².